The third-order valence-corrected chi connectivity index (χ3v) is 4.42. The van der Waals surface area contributed by atoms with Gasteiger partial charge in [-0.05, 0) is 46.6 Å². The average molecular weight is 265 g/mol. The second-order valence-electron chi connectivity index (χ2n) is 5.92. The predicted molar refractivity (Wildman–Crippen MR) is 77.1 cm³/mol. The number of aryl methyl sites for hydroxylation is 2. The van der Waals surface area contributed by atoms with E-state index in [0.717, 1.165) is 38.2 Å². The van der Waals surface area contributed by atoms with Crippen LogP contribution in [-0.2, 0) is 13.1 Å². The van der Waals surface area contributed by atoms with Crippen LogP contribution in [0, 0.1) is 19.8 Å². The van der Waals surface area contributed by atoms with E-state index in [1.807, 2.05) is 0 Å². The van der Waals surface area contributed by atoms with Gasteiger partial charge in [0.1, 0.15) is 0 Å². The molecule has 0 amide bonds. The molecule has 108 valence electrons. The van der Waals surface area contributed by atoms with Crippen molar-refractivity contribution >= 4 is 0 Å². The minimum Gasteiger partial charge on any atom is -0.393 e. The van der Waals surface area contributed by atoms with Gasteiger partial charge in [-0.25, -0.2) is 0 Å². The SMILES string of the molecule is CCn1nc(C)c(CN(C)CC2CCCC2O)c1C. The molecule has 0 bridgehead atoms. The van der Waals surface area contributed by atoms with Gasteiger partial charge in [-0.2, -0.15) is 5.10 Å². The Balaban J connectivity index is 1.98. The van der Waals surface area contributed by atoms with Gasteiger partial charge < -0.3 is 10.0 Å². The summed E-state index contributed by atoms with van der Waals surface area (Å²) in [5.74, 6) is 0.451. The monoisotopic (exact) mass is 265 g/mol. The van der Waals surface area contributed by atoms with E-state index in [4.69, 9.17) is 0 Å². The van der Waals surface area contributed by atoms with Crippen molar-refractivity contribution in [1.82, 2.24) is 14.7 Å². The normalized spacial score (nSPS) is 23.5. The fraction of sp³-hybridized carbons (Fsp3) is 0.800. The number of hydrogen-bond acceptors (Lipinski definition) is 3. The van der Waals surface area contributed by atoms with E-state index >= 15 is 0 Å². The van der Waals surface area contributed by atoms with Crippen LogP contribution in [0.4, 0.5) is 0 Å². The van der Waals surface area contributed by atoms with Gasteiger partial charge in [0.05, 0.1) is 11.8 Å². The molecular formula is C15H27N3O. The third kappa shape index (κ3) is 3.18. The van der Waals surface area contributed by atoms with E-state index < -0.39 is 0 Å². The Kier molecular flexibility index (Phi) is 4.63. The number of nitrogens with zero attached hydrogens (tertiary/aromatic N) is 3. The van der Waals surface area contributed by atoms with Gasteiger partial charge in [-0.1, -0.05) is 6.42 Å². The van der Waals surface area contributed by atoms with Crippen LogP contribution < -0.4 is 0 Å². The molecule has 1 aliphatic rings. The summed E-state index contributed by atoms with van der Waals surface area (Å²) in [5.41, 5.74) is 3.76. The lowest BCUT2D eigenvalue weighted by atomic mass is 10.1. The first-order valence-corrected chi connectivity index (χ1v) is 7.42. The largest absolute Gasteiger partial charge is 0.393 e. The van der Waals surface area contributed by atoms with E-state index in [1.54, 1.807) is 0 Å². The molecule has 2 unspecified atom stereocenters. The topological polar surface area (TPSA) is 41.3 Å². The summed E-state index contributed by atoms with van der Waals surface area (Å²) in [6.45, 7) is 9.21. The first-order valence-electron chi connectivity index (χ1n) is 7.42. The van der Waals surface area contributed by atoms with Crippen LogP contribution in [0.3, 0.4) is 0 Å². The smallest absolute Gasteiger partial charge is 0.0641 e. The van der Waals surface area contributed by atoms with Gasteiger partial charge in [0.2, 0.25) is 0 Å². The molecule has 1 fully saturated rings. The van der Waals surface area contributed by atoms with Gasteiger partial charge in [0.15, 0.2) is 0 Å². The average Bonchev–Trinajstić information content (AvgIpc) is 2.88. The standard InChI is InChI=1S/C15H27N3O/c1-5-18-12(3)14(11(2)16-18)10-17(4)9-13-7-6-8-15(13)19/h13,15,19H,5-10H2,1-4H3. The van der Waals surface area contributed by atoms with E-state index in [-0.39, 0.29) is 6.10 Å². The Morgan fingerprint density at radius 1 is 1.37 bits per heavy atom. The molecule has 1 aliphatic carbocycles. The molecule has 1 heterocycles. The van der Waals surface area contributed by atoms with Gasteiger partial charge in [-0.15, -0.1) is 0 Å². The molecule has 1 saturated carbocycles. The highest BCUT2D eigenvalue weighted by Crippen LogP contribution is 2.26. The van der Waals surface area contributed by atoms with Crippen molar-refractivity contribution < 1.29 is 5.11 Å². The van der Waals surface area contributed by atoms with Gasteiger partial charge in [-0.3, -0.25) is 4.68 Å². The van der Waals surface area contributed by atoms with Gasteiger partial charge in [0.25, 0.3) is 0 Å². The number of aliphatic hydroxyl groups is 1. The Morgan fingerprint density at radius 3 is 2.63 bits per heavy atom. The van der Waals surface area contributed by atoms with Crippen molar-refractivity contribution in [3.05, 3.63) is 17.0 Å². The van der Waals surface area contributed by atoms with Crippen molar-refractivity contribution in [1.29, 1.82) is 0 Å². The highest BCUT2D eigenvalue weighted by molar-refractivity contribution is 5.24. The van der Waals surface area contributed by atoms with Crippen molar-refractivity contribution in [3.63, 3.8) is 0 Å². The lowest BCUT2D eigenvalue weighted by Crippen LogP contribution is -2.29. The fourth-order valence-corrected chi connectivity index (χ4v) is 3.24. The van der Waals surface area contributed by atoms with E-state index in [0.29, 0.717) is 5.92 Å². The Hall–Kier alpha value is -0.870. The second-order valence-corrected chi connectivity index (χ2v) is 5.92. The van der Waals surface area contributed by atoms with Crippen LogP contribution in [0.25, 0.3) is 0 Å². The molecule has 0 aromatic carbocycles. The maximum Gasteiger partial charge on any atom is 0.0641 e. The zero-order chi connectivity index (χ0) is 14.0. The molecule has 1 aromatic heterocycles. The second kappa shape index (κ2) is 6.06. The highest BCUT2D eigenvalue weighted by atomic mass is 16.3. The highest BCUT2D eigenvalue weighted by Gasteiger charge is 2.26. The van der Waals surface area contributed by atoms with Crippen LogP contribution in [0.2, 0.25) is 0 Å². The number of aliphatic hydroxyl groups excluding tert-OH is 1. The molecule has 4 heteroatoms. The summed E-state index contributed by atoms with van der Waals surface area (Å²) in [7, 11) is 2.15. The van der Waals surface area contributed by atoms with Crippen molar-refractivity contribution in [2.24, 2.45) is 5.92 Å². The summed E-state index contributed by atoms with van der Waals surface area (Å²) in [6, 6.07) is 0. The molecule has 2 atom stereocenters. The molecule has 1 N–H and O–H groups in total. The summed E-state index contributed by atoms with van der Waals surface area (Å²) in [4.78, 5) is 2.33. The first kappa shape index (κ1) is 14.5. The van der Waals surface area contributed by atoms with Gasteiger partial charge >= 0.3 is 0 Å². The summed E-state index contributed by atoms with van der Waals surface area (Å²) < 4.78 is 2.07. The summed E-state index contributed by atoms with van der Waals surface area (Å²) in [5, 5.41) is 14.5. The fourth-order valence-electron chi connectivity index (χ4n) is 3.24. The van der Waals surface area contributed by atoms with Crippen molar-refractivity contribution in [2.45, 2.75) is 59.2 Å². The molecule has 2 rings (SSSR count). The molecular weight excluding hydrogens is 238 g/mol. The summed E-state index contributed by atoms with van der Waals surface area (Å²) >= 11 is 0. The van der Waals surface area contributed by atoms with E-state index in [9.17, 15) is 5.11 Å². The maximum atomic E-state index is 9.91. The number of hydrogen-bond donors (Lipinski definition) is 1. The van der Waals surface area contributed by atoms with E-state index in [1.165, 1.54) is 17.7 Å². The third-order valence-electron chi connectivity index (χ3n) is 4.42. The lowest BCUT2D eigenvalue weighted by Gasteiger charge is -2.23. The quantitative estimate of drug-likeness (QED) is 0.886. The maximum absolute atomic E-state index is 9.91. The number of aromatic nitrogens is 2. The minimum atomic E-state index is -0.0944. The van der Waals surface area contributed by atoms with Crippen molar-refractivity contribution in [3.8, 4) is 0 Å². The molecule has 4 nitrogen and oxygen atoms in total. The van der Waals surface area contributed by atoms with Crippen LogP contribution in [0.1, 0.15) is 43.1 Å². The first-order chi connectivity index (χ1) is 9.02. The summed E-state index contributed by atoms with van der Waals surface area (Å²) in [6.07, 6.45) is 3.22. The molecule has 0 radical (unpaired) electrons. The van der Waals surface area contributed by atoms with Crippen LogP contribution in [-0.4, -0.2) is 39.5 Å². The molecule has 19 heavy (non-hydrogen) atoms. The Morgan fingerprint density at radius 2 is 2.11 bits per heavy atom. The zero-order valence-corrected chi connectivity index (χ0v) is 12.7. The van der Waals surface area contributed by atoms with E-state index in [2.05, 4.69) is 42.5 Å². The van der Waals surface area contributed by atoms with Gasteiger partial charge in [0, 0.05) is 30.9 Å². The molecule has 0 spiro atoms. The van der Waals surface area contributed by atoms with Crippen LogP contribution >= 0.6 is 0 Å². The molecule has 0 aliphatic heterocycles. The predicted octanol–water partition coefficient (Wildman–Crippen LogP) is 2.11. The van der Waals surface area contributed by atoms with Crippen LogP contribution in [0.5, 0.6) is 0 Å². The Labute approximate surface area is 116 Å². The lowest BCUT2D eigenvalue weighted by molar-refractivity contribution is 0.108. The number of rotatable bonds is 5. The zero-order valence-electron chi connectivity index (χ0n) is 12.7. The molecule has 0 saturated heterocycles. The van der Waals surface area contributed by atoms with Crippen molar-refractivity contribution in [2.75, 3.05) is 13.6 Å². The van der Waals surface area contributed by atoms with Crippen LogP contribution in [0.15, 0.2) is 0 Å². The molecule has 1 aromatic rings. The minimum absolute atomic E-state index is 0.0944. The Bertz CT molecular complexity index is 427.